The highest BCUT2D eigenvalue weighted by Gasteiger charge is 2.40. The van der Waals surface area contributed by atoms with Gasteiger partial charge < -0.3 is 8.83 Å². The molecule has 0 fully saturated rings. The van der Waals surface area contributed by atoms with Gasteiger partial charge in [0.2, 0.25) is 5.89 Å². The van der Waals surface area contributed by atoms with Crippen LogP contribution in [-0.2, 0) is 4.79 Å². The molecule has 1 atom stereocenters. The molecule has 0 saturated carbocycles. The van der Waals surface area contributed by atoms with Crippen LogP contribution in [0.1, 0.15) is 21.6 Å². The second-order valence-corrected chi connectivity index (χ2v) is 5.31. The summed E-state index contributed by atoms with van der Waals surface area (Å²) in [6.45, 7) is 0. The summed E-state index contributed by atoms with van der Waals surface area (Å²) in [5.41, 5.74) is 0.808. The monoisotopic (exact) mass is 327 g/mol. The van der Waals surface area contributed by atoms with Crippen molar-refractivity contribution in [2.24, 2.45) is 0 Å². The summed E-state index contributed by atoms with van der Waals surface area (Å²) in [7, 11) is 0. The normalized spacial score (nSPS) is 15.1. The van der Waals surface area contributed by atoms with E-state index in [0.717, 1.165) is 0 Å². The highest BCUT2D eigenvalue weighted by Crippen LogP contribution is 2.37. The number of furan rings is 1. The summed E-state index contributed by atoms with van der Waals surface area (Å²) in [6, 6.07) is 10.1. The molecule has 0 N–H and O–H groups in total. The van der Waals surface area contributed by atoms with Crippen LogP contribution in [0.2, 0.25) is 0 Å². The van der Waals surface area contributed by atoms with Crippen molar-refractivity contribution in [3.63, 3.8) is 0 Å². The summed E-state index contributed by atoms with van der Waals surface area (Å²) in [4.78, 5) is 25.5. The van der Waals surface area contributed by atoms with Gasteiger partial charge in [-0.05, 0) is 24.3 Å². The number of ketones is 1. The maximum absolute atomic E-state index is 12.2. The lowest BCUT2D eigenvalue weighted by molar-refractivity contribution is -0.114. The molecule has 8 heteroatoms. The Bertz CT molecular complexity index is 903. The fourth-order valence-corrected chi connectivity index (χ4v) is 2.74. The summed E-state index contributed by atoms with van der Waals surface area (Å²) in [5.74, 6) is -0.573. The number of aromatic nitrogens is 2. The van der Waals surface area contributed by atoms with Crippen LogP contribution in [-0.4, -0.2) is 21.9 Å². The Kier molecular flexibility index (Phi) is 3.05. The zero-order valence-corrected chi connectivity index (χ0v) is 12.4. The van der Waals surface area contributed by atoms with Crippen LogP contribution in [0.25, 0.3) is 11.7 Å². The largest absolute Gasteiger partial charge is 0.459 e. The van der Waals surface area contributed by atoms with E-state index in [0.29, 0.717) is 17.0 Å². The number of fused-ring (bicyclic) bond motifs is 1. The fraction of sp³-hybridized carbons (Fsp3) is 0.0667. The van der Waals surface area contributed by atoms with Gasteiger partial charge in [-0.2, -0.15) is 0 Å². The lowest BCUT2D eigenvalue weighted by Gasteiger charge is -2.20. The Morgan fingerprint density at radius 1 is 1.09 bits per heavy atom. The van der Waals surface area contributed by atoms with Crippen molar-refractivity contribution in [3.8, 4) is 11.7 Å². The molecular formula is C15H9N3O4S. The molecule has 3 aromatic rings. The Hall–Kier alpha value is -2.87. The van der Waals surface area contributed by atoms with Gasteiger partial charge in [0.25, 0.3) is 11.7 Å². The average molecular weight is 327 g/mol. The number of nitrogens with zero attached hydrogens (tertiary/aromatic N) is 3. The third-order valence-corrected chi connectivity index (χ3v) is 3.91. The van der Waals surface area contributed by atoms with Crippen LogP contribution < -0.4 is 4.90 Å². The first-order valence-corrected chi connectivity index (χ1v) is 7.20. The molecule has 1 amide bonds. The molecule has 0 radical (unpaired) electrons. The van der Waals surface area contributed by atoms with Crippen LogP contribution in [0.5, 0.6) is 0 Å². The zero-order valence-electron chi connectivity index (χ0n) is 11.5. The molecule has 0 spiro atoms. The van der Waals surface area contributed by atoms with Gasteiger partial charge in [0.1, 0.15) is 0 Å². The Morgan fingerprint density at radius 3 is 2.70 bits per heavy atom. The number of Topliss-reactive ketones (excluding diaryl/α,β-unsaturated/α-hetero) is 1. The number of carbonyl (C=O) groups is 2. The summed E-state index contributed by atoms with van der Waals surface area (Å²) < 4.78 is 10.7. The van der Waals surface area contributed by atoms with E-state index in [4.69, 9.17) is 8.83 Å². The first-order chi connectivity index (χ1) is 11.2. The number of carbonyl (C=O) groups excluding carboxylic acids is 2. The molecule has 114 valence electrons. The fourth-order valence-electron chi connectivity index (χ4n) is 2.40. The van der Waals surface area contributed by atoms with Crippen molar-refractivity contribution in [3.05, 3.63) is 54.1 Å². The van der Waals surface area contributed by atoms with Crippen LogP contribution >= 0.6 is 12.6 Å². The number of benzene rings is 1. The van der Waals surface area contributed by atoms with Gasteiger partial charge in [0, 0.05) is 0 Å². The minimum Gasteiger partial charge on any atom is -0.459 e. The quantitative estimate of drug-likeness (QED) is 0.587. The van der Waals surface area contributed by atoms with E-state index >= 15 is 0 Å². The van der Waals surface area contributed by atoms with E-state index in [1.165, 1.54) is 11.2 Å². The minimum atomic E-state index is -0.869. The minimum absolute atomic E-state index is 0.0950. The molecule has 3 heterocycles. The predicted octanol–water partition coefficient (Wildman–Crippen LogP) is 2.49. The lowest BCUT2D eigenvalue weighted by Crippen LogP contribution is -2.31. The Morgan fingerprint density at radius 2 is 1.91 bits per heavy atom. The lowest BCUT2D eigenvalue weighted by atomic mass is 10.1. The van der Waals surface area contributed by atoms with Crippen molar-refractivity contribution < 1.29 is 18.4 Å². The van der Waals surface area contributed by atoms with Crippen molar-refractivity contribution in [2.75, 3.05) is 4.90 Å². The standard InChI is InChI=1S/C15H9N3O4S/c19-11-8-4-1-2-5-9(8)18(14(11)20)15(23)13-17-16-12(22-13)10-6-3-7-21-10/h1-7,15,23H. The van der Waals surface area contributed by atoms with Gasteiger partial charge in [-0.25, -0.2) is 0 Å². The maximum atomic E-state index is 12.2. The first kappa shape index (κ1) is 13.8. The van der Waals surface area contributed by atoms with Gasteiger partial charge in [-0.1, -0.05) is 12.1 Å². The number of anilines is 1. The van der Waals surface area contributed by atoms with Crippen molar-refractivity contribution in [2.45, 2.75) is 5.37 Å². The zero-order chi connectivity index (χ0) is 16.0. The molecule has 0 bridgehead atoms. The van der Waals surface area contributed by atoms with E-state index in [1.54, 1.807) is 36.4 Å². The van der Waals surface area contributed by atoms with Crippen LogP contribution in [0.3, 0.4) is 0 Å². The van der Waals surface area contributed by atoms with Crippen molar-refractivity contribution in [1.29, 1.82) is 0 Å². The topological polar surface area (TPSA) is 89.4 Å². The van der Waals surface area contributed by atoms with Gasteiger partial charge >= 0.3 is 5.91 Å². The van der Waals surface area contributed by atoms with Gasteiger partial charge in [0.15, 0.2) is 11.1 Å². The second-order valence-electron chi connectivity index (χ2n) is 4.82. The molecule has 2 aromatic heterocycles. The molecule has 0 saturated heterocycles. The number of para-hydroxylation sites is 1. The van der Waals surface area contributed by atoms with Gasteiger partial charge in [0.05, 0.1) is 17.5 Å². The molecule has 1 aromatic carbocycles. The molecule has 0 aliphatic carbocycles. The van der Waals surface area contributed by atoms with Gasteiger partial charge in [-0.3, -0.25) is 14.5 Å². The summed E-state index contributed by atoms with van der Waals surface area (Å²) >= 11 is 4.38. The third-order valence-electron chi connectivity index (χ3n) is 3.46. The first-order valence-electron chi connectivity index (χ1n) is 6.69. The Balaban J connectivity index is 1.71. The van der Waals surface area contributed by atoms with Gasteiger partial charge in [-0.15, -0.1) is 22.8 Å². The van der Waals surface area contributed by atoms with E-state index in [-0.39, 0.29) is 11.8 Å². The smallest absolute Gasteiger partial charge is 0.300 e. The van der Waals surface area contributed by atoms with Crippen LogP contribution in [0, 0.1) is 0 Å². The Labute approximate surface area is 135 Å². The van der Waals surface area contributed by atoms with Crippen LogP contribution in [0.4, 0.5) is 5.69 Å². The molecule has 23 heavy (non-hydrogen) atoms. The molecule has 1 aliphatic heterocycles. The number of hydrogen-bond donors (Lipinski definition) is 1. The maximum Gasteiger partial charge on any atom is 0.300 e. The molecule has 7 nitrogen and oxygen atoms in total. The second kappa shape index (κ2) is 5.10. The van der Waals surface area contributed by atoms with Crippen molar-refractivity contribution in [1.82, 2.24) is 10.2 Å². The number of amides is 1. The predicted molar refractivity (Wildman–Crippen MR) is 82.0 cm³/mol. The molecule has 4 rings (SSSR count). The summed E-state index contributed by atoms with van der Waals surface area (Å²) in [6.07, 6.45) is 1.48. The highest BCUT2D eigenvalue weighted by atomic mass is 32.1. The summed E-state index contributed by atoms with van der Waals surface area (Å²) in [5, 5.41) is 6.89. The highest BCUT2D eigenvalue weighted by molar-refractivity contribution is 7.80. The SMILES string of the molecule is O=C1C(=O)N(C(S)c2nnc(-c3ccco3)o2)c2ccccc21. The molecular weight excluding hydrogens is 318 g/mol. The van der Waals surface area contributed by atoms with Crippen LogP contribution in [0.15, 0.2) is 51.5 Å². The number of hydrogen-bond acceptors (Lipinski definition) is 7. The third kappa shape index (κ3) is 2.07. The number of thiol groups is 1. The number of rotatable bonds is 3. The van der Waals surface area contributed by atoms with E-state index < -0.39 is 17.1 Å². The van der Waals surface area contributed by atoms with E-state index in [2.05, 4.69) is 22.8 Å². The van der Waals surface area contributed by atoms with Crippen molar-refractivity contribution >= 4 is 30.0 Å². The molecule has 1 aliphatic rings. The molecule has 1 unspecified atom stereocenters. The average Bonchev–Trinajstić information content (AvgIpc) is 3.28. The van der Waals surface area contributed by atoms with E-state index in [1.807, 2.05) is 0 Å². The van der Waals surface area contributed by atoms with E-state index in [9.17, 15) is 9.59 Å².